The van der Waals surface area contributed by atoms with E-state index >= 15 is 0 Å². The predicted molar refractivity (Wildman–Crippen MR) is 72.1 cm³/mol. The molecule has 2 rings (SSSR count). The Morgan fingerprint density at radius 1 is 1.50 bits per heavy atom. The number of nitrogens with zero attached hydrogens (tertiary/aromatic N) is 2. The van der Waals surface area contributed by atoms with Gasteiger partial charge in [0, 0.05) is 25.2 Å². The zero-order valence-corrected chi connectivity index (χ0v) is 11.0. The predicted octanol–water partition coefficient (Wildman–Crippen LogP) is 1.50. The second kappa shape index (κ2) is 5.46. The van der Waals surface area contributed by atoms with Crippen molar-refractivity contribution in [3.8, 4) is 0 Å². The summed E-state index contributed by atoms with van der Waals surface area (Å²) in [6.45, 7) is 2.95. The van der Waals surface area contributed by atoms with Gasteiger partial charge in [0.25, 0.3) is 5.69 Å². The third-order valence-corrected chi connectivity index (χ3v) is 3.62. The highest BCUT2D eigenvalue weighted by molar-refractivity contribution is 5.95. The maximum absolute atomic E-state index is 11.3. The molecule has 1 aromatic rings. The molecule has 0 radical (unpaired) electrons. The highest BCUT2D eigenvalue weighted by Crippen LogP contribution is 2.29. The molecular weight excluding hydrogens is 264 g/mol. The summed E-state index contributed by atoms with van der Waals surface area (Å²) in [7, 11) is 0. The third kappa shape index (κ3) is 2.72. The zero-order valence-electron chi connectivity index (χ0n) is 11.0. The molecule has 0 aliphatic carbocycles. The molecule has 2 N–H and O–H groups in total. The van der Waals surface area contributed by atoms with Gasteiger partial charge in [0.1, 0.15) is 0 Å². The van der Waals surface area contributed by atoms with Gasteiger partial charge in [0.2, 0.25) is 0 Å². The average molecular weight is 280 g/mol. The van der Waals surface area contributed by atoms with E-state index in [1.165, 1.54) is 12.1 Å². The van der Waals surface area contributed by atoms with Gasteiger partial charge in [-0.15, -0.1) is 0 Å². The van der Waals surface area contributed by atoms with Crippen molar-refractivity contribution in [1.82, 2.24) is 0 Å². The molecule has 1 fully saturated rings. The number of nitro groups is 1. The number of aromatic carboxylic acids is 1. The smallest absolute Gasteiger partial charge is 0.338 e. The highest BCUT2D eigenvalue weighted by Gasteiger charge is 2.27. The number of benzene rings is 1. The minimum absolute atomic E-state index is 0.0283. The van der Waals surface area contributed by atoms with Gasteiger partial charge in [-0.3, -0.25) is 10.1 Å². The Morgan fingerprint density at radius 2 is 2.20 bits per heavy atom. The van der Waals surface area contributed by atoms with Crippen LogP contribution in [0.2, 0.25) is 0 Å². The van der Waals surface area contributed by atoms with E-state index in [1.807, 2.05) is 11.8 Å². The summed E-state index contributed by atoms with van der Waals surface area (Å²) < 4.78 is 0. The van der Waals surface area contributed by atoms with Gasteiger partial charge in [-0.05, 0) is 18.4 Å². The van der Waals surface area contributed by atoms with Crippen molar-refractivity contribution in [3.63, 3.8) is 0 Å². The fourth-order valence-electron chi connectivity index (χ4n) is 2.44. The Balaban J connectivity index is 2.36. The molecule has 1 saturated heterocycles. The summed E-state index contributed by atoms with van der Waals surface area (Å²) in [6, 6.07) is 3.84. The average Bonchev–Trinajstić information content (AvgIpc) is 2.41. The summed E-state index contributed by atoms with van der Waals surface area (Å²) in [5, 5.41) is 29.7. The summed E-state index contributed by atoms with van der Waals surface area (Å²) in [4.78, 5) is 23.3. The zero-order chi connectivity index (χ0) is 14.9. The number of non-ortho nitro benzene ring substituents is 1. The number of rotatable bonds is 3. The monoisotopic (exact) mass is 280 g/mol. The van der Waals surface area contributed by atoms with Crippen molar-refractivity contribution in [3.05, 3.63) is 33.9 Å². The van der Waals surface area contributed by atoms with E-state index in [9.17, 15) is 25.1 Å². The second-order valence-electron chi connectivity index (χ2n) is 5.04. The van der Waals surface area contributed by atoms with E-state index in [4.69, 9.17) is 0 Å². The summed E-state index contributed by atoms with van der Waals surface area (Å²) in [5.41, 5.74) is 0.140. The molecule has 1 aliphatic rings. The fourth-order valence-corrected chi connectivity index (χ4v) is 2.44. The first-order chi connectivity index (χ1) is 9.40. The van der Waals surface area contributed by atoms with Crippen molar-refractivity contribution >= 4 is 17.3 Å². The molecule has 0 amide bonds. The van der Waals surface area contributed by atoms with E-state index in [1.54, 1.807) is 0 Å². The number of hydrogen-bond donors (Lipinski definition) is 2. The first kappa shape index (κ1) is 14.3. The molecule has 0 bridgehead atoms. The Hall–Kier alpha value is -2.15. The van der Waals surface area contributed by atoms with Gasteiger partial charge in [0.05, 0.1) is 22.3 Å². The lowest BCUT2D eigenvalue weighted by atomic mass is 9.95. The summed E-state index contributed by atoms with van der Waals surface area (Å²) >= 11 is 0. The Bertz CT molecular complexity index is 546. The molecule has 1 aromatic carbocycles. The number of nitro benzene ring substituents is 1. The van der Waals surface area contributed by atoms with Crippen molar-refractivity contribution in [2.75, 3.05) is 18.0 Å². The number of carboxylic acids is 1. The lowest BCUT2D eigenvalue weighted by Gasteiger charge is -2.36. The number of hydrogen-bond acceptors (Lipinski definition) is 5. The molecular formula is C13H16N2O5. The van der Waals surface area contributed by atoms with Crippen LogP contribution in [0, 0.1) is 16.0 Å². The van der Waals surface area contributed by atoms with E-state index in [0.717, 1.165) is 6.07 Å². The van der Waals surface area contributed by atoms with Crippen LogP contribution in [0.5, 0.6) is 0 Å². The normalized spacial score (nSPS) is 22.6. The largest absolute Gasteiger partial charge is 0.478 e. The lowest BCUT2D eigenvalue weighted by molar-refractivity contribution is -0.384. The summed E-state index contributed by atoms with van der Waals surface area (Å²) in [5.74, 6) is -1.16. The quantitative estimate of drug-likeness (QED) is 0.642. The molecule has 2 atom stereocenters. The van der Waals surface area contributed by atoms with Gasteiger partial charge < -0.3 is 15.1 Å². The Labute approximate surface area is 115 Å². The fraction of sp³-hybridized carbons (Fsp3) is 0.462. The minimum Gasteiger partial charge on any atom is -0.478 e. The molecule has 1 heterocycles. The standard InChI is InChI=1S/C13H16N2O5/c1-8-7-14(5-4-12(8)16)11-3-2-9(15(19)20)6-10(11)13(17)18/h2-3,6,8,12,16H,4-5,7H2,1H3,(H,17,18). The van der Waals surface area contributed by atoms with E-state index in [2.05, 4.69) is 0 Å². The van der Waals surface area contributed by atoms with Gasteiger partial charge in [-0.2, -0.15) is 0 Å². The van der Waals surface area contributed by atoms with Crippen molar-refractivity contribution < 1.29 is 19.9 Å². The van der Waals surface area contributed by atoms with E-state index < -0.39 is 17.0 Å². The third-order valence-electron chi connectivity index (χ3n) is 3.62. The van der Waals surface area contributed by atoms with Crippen molar-refractivity contribution in [2.45, 2.75) is 19.4 Å². The van der Waals surface area contributed by atoms with E-state index in [0.29, 0.717) is 25.2 Å². The molecule has 7 nitrogen and oxygen atoms in total. The maximum Gasteiger partial charge on any atom is 0.338 e. The second-order valence-corrected chi connectivity index (χ2v) is 5.04. The van der Waals surface area contributed by atoms with Crippen molar-refractivity contribution in [1.29, 1.82) is 0 Å². The maximum atomic E-state index is 11.3. The first-order valence-electron chi connectivity index (χ1n) is 6.35. The van der Waals surface area contributed by atoms with Crippen LogP contribution in [0.25, 0.3) is 0 Å². The molecule has 7 heteroatoms. The van der Waals surface area contributed by atoms with Gasteiger partial charge in [-0.25, -0.2) is 4.79 Å². The first-order valence-corrected chi connectivity index (χ1v) is 6.35. The van der Waals surface area contributed by atoms with E-state index in [-0.39, 0.29) is 17.2 Å². The topological polar surface area (TPSA) is 104 Å². The van der Waals surface area contributed by atoms with Crippen molar-refractivity contribution in [2.24, 2.45) is 5.92 Å². The lowest BCUT2D eigenvalue weighted by Crippen LogP contribution is -2.42. The molecule has 1 aliphatic heterocycles. The number of carboxylic acid groups (broad SMARTS) is 1. The van der Waals surface area contributed by atoms with Crippen LogP contribution in [0.3, 0.4) is 0 Å². The molecule has 2 unspecified atom stereocenters. The van der Waals surface area contributed by atoms with Crippen LogP contribution in [-0.2, 0) is 0 Å². The van der Waals surface area contributed by atoms with Gasteiger partial charge >= 0.3 is 5.97 Å². The van der Waals surface area contributed by atoms with Gasteiger partial charge in [-0.1, -0.05) is 6.92 Å². The minimum atomic E-state index is -1.19. The van der Waals surface area contributed by atoms with Crippen LogP contribution in [0.15, 0.2) is 18.2 Å². The SMILES string of the molecule is CC1CN(c2ccc([N+](=O)[O-])cc2C(=O)O)CCC1O. The van der Waals surface area contributed by atoms with Crippen LogP contribution in [-0.4, -0.2) is 40.3 Å². The Morgan fingerprint density at radius 3 is 2.75 bits per heavy atom. The van der Waals surface area contributed by atoms with Crippen LogP contribution in [0.4, 0.5) is 11.4 Å². The molecule has 108 valence electrons. The van der Waals surface area contributed by atoms with Crippen LogP contribution in [0.1, 0.15) is 23.7 Å². The number of piperidine rings is 1. The van der Waals surface area contributed by atoms with Crippen LogP contribution >= 0.6 is 0 Å². The number of anilines is 1. The number of carbonyl (C=O) groups is 1. The van der Waals surface area contributed by atoms with Crippen LogP contribution < -0.4 is 4.90 Å². The summed E-state index contributed by atoms with van der Waals surface area (Å²) in [6.07, 6.45) is 0.162. The molecule has 0 saturated carbocycles. The number of aliphatic hydroxyl groups excluding tert-OH is 1. The molecule has 0 spiro atoms. The molecule has 20 heavy (non-hydrogen) atoms. The Kier molecular flexibility index (Phi) is 3.89. The molecule has 0 aromatic heterocycles. The highest BCUT2D eigenvalue weighted by atomic mass is 16.6. The number of aliphatic hydroxyl groups is 1. The van der Waals surface area contributed by atoms with Gasteiger partial charge in [0.15, 0.2) is 0 Å².